The number of carbonyl (C=O) groups is 1. The summed E-state index contributed by atoms with van der Waals surface area (Å²) in [6.07, 6.45) is 4.79. The molecule has 2 aromatic rings. The van der Waals surface area contributed by atoms with Gasteiger partial charge in [0.1, 0.15) is 5.56 Å². The number of aromatic carboxylic acids is 1. The van der Waals surface area contributed by atoms with Crippen LogP contribution in [0.5, 0.6) is 0 Å². The average Bonchev–Trinajstić information content (AvgIpc) is 2.78. The van der Waals surface area contributed by atoms with Crippen molar-refractivity contribution in [3.05, 3.63) is 56.1 Å². The van der Waals surface area contributed by atoms with Crippen LogP contribution in [0.15, 0.2) is 33.9 Å². The Balaban J connectivity index is 2.27. The number of pyridine rings is 1. The maximum Gasteiger partial charge on any atom is 0.341 e. The van der Waals surface area contributed by atoms with Crippen LogP contribution < -0.4 is 5.43 Å². The van der Waals surface area contributed by atoms with Crippen LogP contribution in [0.1, 0.15) is 21.6 Å². The van der Waals surface area contributed by atoms with Crippen molar-refractivity contribution in [1.29, 1.82) is 0 Å². The molecule has 0 bridgehead atoms. The van der Waals surface area contributed by atoms with E-state index in [9.17, 15) is 9.59 Å². The van der Waals surface area contributed by atoms with Gasteiger partial charge in [-0.1, -0.05) is 6.08 Å². The Hall–Kier alpha value is -2.14. The second-order valence-electron chi connectivity index (χ2n) is 3.36. The van der Waals surface area contributed by atoms with E-state index in [-0.39, 0.29) is 5.56 Å². The molecule has 2 rings (SSSR count). The number of carboxylic acids is 1. The monoisotopic (exact) mass is 247 g/mol. The van der Waals surface area contributed by atoms with Gasteiger partial charge in [0.05, 0.1) is 0 Å². The van der Waals surface area contributed by atoms with Crippen molar-refractivity contribution in [2.45, 2.75) is 0 Å². The van der Waals surface area contributed by atoms with E-state index in [1.165, 1.54) is 12.3 Å². The standard InChI is InChI=1S/C12H9NO3S/c14-11-5-9(13-6-10(11)12(15)16)2-1-8-3-4-17-7-8/h1-7H,(H,13,14)(H,15,16)/b2-1+. The first-order valence-corrected chi connectivity index (χ1v) is 5.77. The second kappa shape index (κ2) is 4.80. The van der Waals surface area contributed by atoms with Crippen LogP contribution >= 0.6 is 11.3 Å². The number of aromatic nitrogens is 1. The van der Waals surface area contributed by atoms with Gasteiger partial charge in [0.2, 0.25) is 0 Å². The summed E-state index contributed by atoms with van der Waals surface area (Å²) in [5.41, 5.74) is 0.864. The number of hydrogen-bond donors (Lipinski definition) is 2. The summed E-state index contributed by atoms with van der Waals surface area (Å²) in [4.78, 5) is 24.8. The first-order chi connectivity index (χ1) is 8.16. The lowest BCUT2D eigenvalue weighted by Gasteiger charge is -1.95. The van der Waals surface area contributed by atoms with Crippen molar-refractivity contribution in [3.8, 4) is 0 Å². The minimum Gasteiger partial charge on any atom is -0.477 e. The number of carboxylic acid groups (broad SMARTS) is 1. The Labute approximate surface area is 101 Å². The summed E-state index contributed by atoms with van der Waals surface area (Å²) in [7, 11) is 0. The van der Waals surface area contributed by atoms with Crippen LogP contribution in [0, 0.1) is 0 Å². The van der Waals surface area contributed by atoms with E-state index in [1.54, 1.807) is 17.4 Å². The zero-order valence-corrected chi connectivity index (χ0v) is 9.53. The highest BCUT2D eigenvalue weighted by Gasteiger charge is 2.07. The Morgan fingerprint density at radius 3 is 2.82 bits per heavy atom. The predicted molar refractivity (Wildman–Crippen MR) is 67.3 cm³/mol. The van der Waals surface area contributed by atoms with E-state index >= 15 is 0 Å². The molecule has 0 amide bonds. The Morgan fingerprint density at radius 1 is 1.41 bits per heavy atom. The number of hydrogen-bond acceptors (Lipinski definition) is 3. The maximum atomic E-state index is 11.4. The third-order valence-electron chi connectivity index (χ3n) is 2.16. The molecule has 17 heavy (non-hydrogen) atoms. The SMILES string of the molecule is O=C(O)c1c[nH]c(/C=C/c2ccsc2)cc1=O. The molecule has 2 aromatic heterocycles. The number of H-pyrrole nitrogens is 1. The summed E-state index contributed by atoms with van der Waals surface area (Å²) in [5.74, 6) is -1.22. The maximum absolute atomic E-state index is 11.4. The summed E-state index contributed by atoms with van der Waals surface area (Å²) < 4.78 is 0. The van der Waals surface area contributed by atoms with Gasteiger partial charge >= 0.3 is 5.97 Å². The molecule has 0 radical (unpaired) electrons. The molecule has 86 valence electrons. The quantitative estimate of drug-likeness (QED) is 0.874. The normalized spacial score (nSPS) is 10.8. The summed E-state index contributed by atoms with van der Waals surface area (Å²) >= 11 is 1.58. The van der Waals surface area contributed by atoms with E-state index in [4.69, 9.17) is 5.11 Å². The fraction of sp³-hybridized carbons (Fsp3) is 0. The van der Waals surface area contributed by atoms with Gasteiger partial charge in [-0.25, -0.2) is 4.79 Å². The van der Waals surface area contributed by atoms with Crippen molar-refractivity contribution < 1.29 is 9.90 Å². The van der Waals surface area contributed by atoms with Crippen LogP contribution in [-0.4, -0.2) is 16.1 Å². The van der Waals surface area contributed by atoms with Gasteiger partial charge in [-0.05, 0) is 28.5 Å². The number of nitrogens with one attached hydrogen (secondary N) is 1. The summed E-state index contributed by atoms with van der Waals surface area (Å²) in [5, 5.41) is 12.6. The molecule has 0 saturated heterocycles. The number of aromatic amines is 1. The van der Waals surface area contributed by atoms with Crippen molar-refractivity contribution in [2.24, 2.45) is 0 Å². The summed E-state index contributed by atoms with van der Waals surface area (Å²) in [6, 6.07) is 3.22. The Kier molecular flexibility index (Phi) is 3.20. The van der Waals surface area contributed by atoms with E-state index < -0.39 is 11.4 Å². The fourth-order valence-electron chi connectivity index (χ4n) is 1.31. The van der Waals surface area contributed by atoms with Crippen LogP contribution in [0.25, 0.3) is 12.2 Å². The topological polar surface area (TPSA) is 70.2 Å². The van der Waals surface area contributed by atoms with E-state index in [1.807, 2.05) is 22.9 Å². The van der Waals surface area contributed by atoms with Crippen LogP contribution in [0.4, 0.5) is 0 Å². The number of thiophene rings is 1. The molecule has 2 N–H and O–H groups in total. The first-order valence-electron chi connectivity index (χ1n) is 4.83. The molecular weight excluding hydrogens is 238 g/mol. The molecule has 0 aliphatic rings. The number of rotatable bonds is 3. The van der Waals surface area contributed by atoms with Gasteiger partial charge in [0.15, 0.2) is 5.43 Å². The molecule has 0 atom stereocenters. The molecule has 0 aromatic carbocycles. The highest BCUT2D eigenvalue weighted by molar-refractivity contribution is 7.08. The van der Waals surface area contributed by atoms with Crippen molar-refractivity contribution >= 4 is 29.5 Å². The fourth-order valence-corrected chi connectivity index (χ4v) is 1.94. The first kappa shape index (κ1) is 11.3. The highest BCUT2D eigenvalue weighted by atomic mass is 32.1. The van der Waals surface area contributed by atoms with Crippen molar-refractivity contribution in [3.63, 3.8) is 0 Å². The van der Waals surface area contributed by atoms with Gasteiger partial charge in [0.25, 0.3) is 0 Å². The molecule has 4 nitrogen and oxygen atoms in total. The van der Waals surface area contributed by atoms with Crippen molar-refractivity contribution in [2.75, 3.05) is 0 Å². The zero-order valence-electron chi connectivity index (χ0n) is 8.71. The molecule has 0 aliphatic heterocycles. The minimum absolute atomic E-state index is 0.252. The molecular formula is C12H9NO3S. The molecule has 0 unspecified atom stereocenters. The molecule has 0 saturated carbocycles. The molecule has 0 fully saturated rings. The average molecular weight is 247 g/mol. The largest absolute Gasteiger partial charge is 0.477 e. The molecule has 0 aliphatic carbocycles. The smallest absolute Gasteiger partial charge is 0.341 e. The van der Waals surface area contributed by atoms with Gasteiger partial charge in [-0.2, -0.15) is 11.3 Å². The van der Waals surface area contributed by atoms with Crippen molar-refractivity contribution in [1.82, 2.24) is 4.98 Å². The van der Waals surface area contributed by atoms with E-state index in [0.717, 1.165) is 5.56 Å². The third-order valence-corrected chi connectivity index (χ3v) is 2.87. The van der Waals surface area contributed by atoms with E-state index in [2.05, 4.69) is 4.98 Å². The molecule has 2 heterocycles. The predicted octanol–water partition coefficient (Wildman–Crippen LogP) is 2.30. The summed E-state index contributed by atoms with van der Waals surface area (Å²) in [6.45, 7) is 0. The van der Waals surface area contributed by atoms with Gasteiger partial charge in [-0.15, -0.1) is 0 Å². The Bertz CT molecular complexity index is 611. The second-order valence-corrected chi connectivity index (χ2v) is 4.14. The minimum atomic E-state index is -1.22. The molecule has 0 spiro atoms. The lowest BCUT2D eigenvalue weighted by atomic mass is 10.2. The zero-order chi connectivity index (χ0) is 12.3. The lowest BCUT2D eigenvalue weighted by Crippen LogP contribution is -2.14. The highest BCUT2D eigenvalue weighted by Crippen LogP contribution is 2.09. The van der Waals surface area contributed by atoms with Crippen LogP contribution in [-0.2, 0) is 0 Å². The van der Waals surface area contributed by atoms with Gasteiger partial charge < -0.3 is 10.1 Å². The molecule has 5 heteroatoms. The van der Waals surface area contributed by atoms with Crippen LogP contribution in [0.2, 0.25) is 0 Å². The lowest BCUT2D eigenvalue weighted by molar-refractivity contribution is 0.0695. The van der Waals surface area contributed by atoms with Crippen LogP contribution in [0.3, 0.4) is 0 Å². The van der Waals surface area contributed by atoms with E-state index in [0.29, 0.717) is 5.69 Å². The van der Waals surface area contributed by atoms with Gasteiger partial charge in [0, 0.05) is 18.0 Å². The Morgan fingerprint density at radius 2 is 2.24 bits per heavy atom. The van der Waals surface area contributed by atoms with Gasteiger partial charge in [-0.3, -0.25) is 4.79 Å². The third kappa shape index (κ3) is 2.70.